The van der Waals surface area contributed by atoms with Crippen LogP contribution >= 0.6 is 0 Å². The van der Waals surface area contributed by atoms with Crippen molar-refractivity contribution in [3.05, 3.63) is 11.6 Å². The molecule has 3 aliphatic heterocycles. The number of unbranched alkanes of at least 4 members (excludes halogenated alkanes) is 12. The van der Waals surface area contributed by atoms with Gasteiger partial charge in [-0.2, -0.15) is 0 Å². The monoisotopic (exact) mass is 622 g/mol. The summed E-state index contributed by atoms with van der Waals surface area (Å²) in [6, 6.07) is 0. The fourth-order valence-electron chi connectivity index (χ4n) is 7.28. The van der Waals surface area contributed by atoms with Gasteiger partial charge in [0.05, 0.1) is 42.7 Å². The Morgan fingerprint density at radius 1 is 0.659 bits per heavy atom. The van der Waals surface area contributed by atoms with E-state index in [1.54, 1.807) is 0 Å². The normalized spacial score (nSPS) is 27.4. The van der Waals surface area contributed by atoms with E-state index in [1.165, 1.54) is 64.2 Å². The van der Waals surface area contributed by atoms with Crippen LogP contribution in [-0.2, 0) is 19.0 Å². The van der Waals surface area contributed by atoms with E-state index in [9.17, 15) is 20.1 Å². The van der Waals surface area contributed by atoms with Crippen molar-refractivity contribution in [2.75, 3.05) is 0 Å². The quantitative estimate of drug-likeness (QED) is 0.0703. The Morgan fingerprint density at radius 2 is 1.14 bits per heavy atom. The van der Waals surface area contributed by atoms with Crippen LogP contribution in [0.3, 0.4) is 0 Å². The van der Waals surface area contributed by atoms with Gasteiger partial charge < -0.3 is 29.5 Å². The molecule has 7 heteroatoms. The summed E-state index contributed by atoms with van der Waals surface area (Å²) in [5, 5.41) is 31.6. The van der Waals surface area contributed by atoms with Gasteiger partial charge in [-0.15, -0.1) is 0 Å². The highest BCUT2D eigenvalue weighted by molar-refractivity contribution is 5.90. The third-order valence-electron chi connectivity index (χ3n) is 10.1. The van der Waals surface area contributed by atoms with E-state index < -0.39 is 12.2 Å². The number of carbonyl (C=O) groups excluding carboxylic acids is 1. The second-order valence-electron chi connectivity index (χ2n) is 14.0. The number of rotatable bonds is 25. The van der Waals surface area contributed by atoms with E-state index in [4.69, 9.17) is 14.2 Å². The van der Waals surface area contributed by atoms with E-state index >= 15 is 0 Å². The average molecular weight is 623 g/mol. The lowest BCUT2D eigenvalue weighted by molar-refractivity contribution is -0.139. The summed E-state index contributed by atoms with van der Waals surface area (Å²) in [5.74, 6) is -0.123. The molecule has 0 spiro atoms. The third-order valence-corrected chi connectivity index (χ3v) is 10.1. The molecule has 0 aliphatic carbocycles. The van der Waals surface area contributed by atoms with Crippen molar-refractivity contribution < 1.29 is 34.3 Å². The van der Waals surface area contributed by atoms with Crippen molar-refractivity contribution in [3.8, 4) is 0 Å². The van der Waals surface area contributed by atoms with E-state index in [1.807, 2.05) is 13.0 Å². The average Bonchev–Trinajstić information content (AvgIpc) is 3.76. The third kappa shape index (κ3) is 14.2. The van der Waals surface area contributed by atoms with Gasteiger partial charge in [0.1, 0.15) is 6.10 Å². The molecule has 3 aliphatic rings. The van der Waals surface area contributed by atoms with Crippen molar-refractivity contribution in [2.24, 2.45) is 0 Å². The minimum atomic E-state index is -0.479. The highest BCUT2D eigenvalue weighted by atomic mass is 16.6. The summed E-state index contributed by atoms with van der Waals surface area (Å²) in [6.07, 6.45) is 25.7. The summed E-state index contributed by atoms with van der Waals surface area (Å²) < 4.78 is 17.7. The fourth-order valence-corrected chi connectivity index (χ4v) is 7.28. The molecular formula is C37H66O7. The summed E-state index contributed by atoms with van der Waals surface area (Å²) in [4.78, 5) is 11.6. The molecule has 0 aromatic heterocycles. The highest BCUT2D eigenvalue weighted by Gasteiger charge is 2.40. The lowest BCUT2D eigenvalue weighted by atomic mass is 9.99. The number of ether oxygens (including phenoxy) is 3. The first-order chi connectivity index (χ1) is 21.4. The first kappa shape index (κ1) is 37.5. The largest absolute Gasteiger partial charge is 0.455 e. The molecule has 2 unspecified atom stereocenters. The van der Waals surface area contributed by atoms with Crippen molar-refractivity contribution in [3.63, 3.8) is 0 Å². The summed E-state index contributed by atoms with van der Waals surface area (Å²) in [6.45, 7) is 4.11. The molecule has 3 N–H and O–H groups in total. The second kappa shape index (κ2) is 21.7. The van der Waals surface area contributed by atoms with Crippen LogP contribution in [0.2, 0.25) is 0 Å². The summed E-state index contributed by atoms with van der Waals surface area (Å²) in [5.41, 5.74) is 0.863. The molecule has 8 atom stereocenters. The van der Waals surface area contributed by atoms with Crippen molar-refractivity contribution in [2.45, 2.75) is 217 Å². The standard InChI is InChI=1S/C37H66O7/c1-3-4-5-15-19-30(38)20-17-22-32(40)34-24-26-36(44-34)35-25-23-33(43-35)31(39)21-16-13-11-9-7-6-8-10-12-14-18-29-27-28(2)42-37(29)41/h27-28,30-36,38-40H,3-26H2,1-2H3/t28-,30?,31+,32-,33+,34-,35-,36?/m0/s1. The Bertz CT molecular complexity index is 801. The first-order valence-electron chi connectivity index (χ1n) is 18.6. The number of aliphatic hydroxyl groups is 3. The van der Waals surface area contributed by atoms with Crippen molar-refractivity contribution in [1.29, 1.82) is 0 Å². The van der Waals surface area contributed by atoms with E-state index in [0.29, 0.717) is 6.42 Å². The molecule has 3 heterocycles. The minimum Gasteiger partial charge on any atom is -0.455 e. The van der Waals surface area contributed by atoms with Gasteiger partial charge in [0.2, 0.25) is 0 Å². The number of hydrogen-bond acceptors (Lipinski definition) is 7. The predicted molar refractivity (Wildman–Crippen MR) is 175 cm³/mol. The molecule has 0 saturated carbocycles. The molecule has 0 amide bonds. The van der Waals surface area contributed by atoms with Crippen LogP contribution in [0.5, 0.6) is 0 Å². The molecule has 44 heavy (non-hydrogen) atoms. The van der Waals surface area contributed by atoms with Crippen LogP contribution < -0.4 is 0 Å². The topological polar surface area (TPSA) is 105 Å². The van der Waals surface area contributed by atoms with Gasteiger partial charge in [-0.3, -0.25) is 0 Å². The van der Waals surface area contributed by atoms with Gasteiger partial charge in [-0.25, -0.2) is 4.79 Å². The molecule has 0 bridgehead atoms. The SMILES string of the molecule is CCCCCCC(O)CCC[C@H](O)[C@@H]1CCC([C@@H]2CC[C@H]([C@H](O)CCCCCCCCCCCCC3=C[C@H](C)OC3=O)O2)O1. The van der Waals surface area contributed by atoms with Crippen LogP contribution in [-0.4, -0.2) is 70.1 Å². The number of carbonyl (C=O) groups is 1. The Kier molecular flexibility index (Phi) is 18.5. The predicted octanol–water partition coefficient (Wildman–Crippen LogP) is 7.86. The molecule has 0 radical (unpaired) electrons. The highest BCUT2D eigenvalue weighted by Crippen LogP contribution is 2.34. The maximum Gasteiger partial charge on any atom is 0.334 e. The number of aliphatic hydroxyl groups excluding tert-OH is 3. The second-order valence-corrected chi connectivity index (χ2v) is 14.0. The summed E-state index contributed by atoms with van der Waals surface area (Å²) in [7, 11) is 0. The molecule has 3 rings (SSSR count). The maximum atomic E-state index is 11.6. The van der Waals surface area contributed by atoms with Gasteiger partial charge in [0.25, 0.3) is 0 Å². The maximum absolute atomic E-state index is 11.6. The Morgan fingerprint density at radius 3 is 1.68 bits per heavy atom. The zero-order chi connectivity index (χ0) is 31.6. The molecule has 256 valence electrons. The smallest absolute Gasteiger partial charge is 0.334 e. The Labute approximate surface area is 268 Å². The van der Waals surface area contributed by atoms with Crippen molar-refractivity contribution >= 4 is 5.97 Å². The Hall–Kier alpha value is -0.990. The van der Waals surface area contributed by atoms with Crippen LogP contribution in [0.4, 0.5) is 0 Å². The van der Waals surface area contributed by atoms with Crippen LogP contribution in [0.1, 0.15) is 168 Å². The van der Waals surface area contributed by atoms with Gasteiger partial charge in [0, 0.05) is 5.57 Å². The minimum absolute atomic E-state index is 0.0170. The zero-order valence-corrected chi connectivity index (χ0v) is 28.1. The van der Waals surface area contributed by atoms with Gasteiger partial charge >= 0.3 is 5.97 Å². The van der Waals surface area contributed by atoms with E-state index in [-0.39, 0.29) is 42.6 Å². The fraction of sp³-hybridized carbons (Fsp3) is 0.919. The molecule has 2 fully saturated rings. The van der Waals surface area contributed by atoms with E-state index in [0.717, 1.165) is 89.0 Å². The van der Waals surface area contributed by atoms with Crippen LogP contribution in [0.25, 0.3) is 0 Å². The number of esters is 1. The zero-order valence-electron chi connectivity index (χ0n) is 28.1. The number of cyclic esters (lactones) is 1. The molecule has 0 aromatic rings. The Balaban J connectivity index is 1.13. The van der Waals surface area contributed by atoms with Gasteiger partial charge in [-0.05, 0) is 83.6 Å². The van der Waals surface area contributed by atoms with Gasteiger partial charge in [-0.1, -0.05) is 90.4 Å². The van der Waals surface area contributed by atoms with Crippen LogP contribution in [0.15, 0.2) is 11.6 Å². The van der Waals surface area contributed by atoms with Gasteiger partial charge in [0.15, 0.2) is 0 Å². The van der Waals surface area contributed by atoms with Crippen LogP contribution in [0, 0.1) is 0 Å². The molecule has 0 aromatic carbocycles. The van der Waals surface area contributed by atoms with E-state index in [2.05, 4.69) is 6.92 Å². The van der Waals surface area contributed by atoms with Crippen molar-refractivity contribution in [1.82, 2.24) is 0 Å². The molecule has 7 nitrogen and oxygen atoms in total. The lowest BCUT2D eigenvalue weighted by Crippen LogP contribution is -2.33. The number of hydrogen-bond donors (Lipinski definition) is 3. The lowest BCUT2D eigenvalue weighted by Gasteiger charge is -2.24. The first-order valence-corrected chi connectivity index (χ1v) is 18.6. The molecule has 2 saturated heterocycles. The summed E-state index contributed by atoms with van der Waals surface area (Å²) >= 11 is 0. The molecular weight excluding hydrogens is 556 g/mol.